The fourth-order valence-corrected chi connectivity index (χ4v) is 1.97. The number of carbonyl (C=O) groups excluding carboxylic acids is 1. The van der Waals surface area contributed by atoms with Crippen molar-refractivity contribution in [3.8, 4) is 11.6 Å². The smallest absolute Gasteiger partial charge is 0.239 e. The topological polar surface area (TPSA) is 70.0 Å². The van der Waals surface area contributed by atoms with Gasteiger partial charge in [0.05, 0.1) is 5.27 Å². The highest BCUT2D eigenvalue weighted by Gasteiger charge is 2.10. The average Bonchev–Trinajstić information content (AvgIpc) is 3.01. The van der Waals surface area contributed by atoms with Crippen LogP contribution in [0.15, 0.2) is 65.3 Å². The van der Waals surface area contributed by atoms with Gasteiger partial charge in [0.1, 0.15) is 11.8 Å². The molecule has 0 aliphatic rings. The molecule has 114 valence electrons. The predicted molar refractivity (Wildman–Crippen MR) is 77.2 cm³/mol. The van der Waals surface area contributed by atoms with Crippen molar-refractivity contribution in [2.45, 2.75) is 0 Å². The molecular weight excluding hydrogens is 299 g/mol. The normalized spacial score (nSPS) is 11.0. The zero-order chi connectivity index (χ0) is 16.2. The van der Waals surface area contributed by atoms with Crippen molar-refractivity contribution in [3.63, 3.8) is 0 Å². The van der Waals surface area contributed by atoms with Gasteiger partial charge in [0, 0.05) is 17.7 Å². The standard InChI is InChI=1S/C17H11FN2O3/c18-14-6-1-12(2-7-14)3-10-16(21)13-4-8-15(9-5-13)20-11-17(22)23-19-20/h1-11H/b10-3+. The minimum atomic E-state index is -0.549. The molecule has 0 saturated heterocycles. The highest BCUT2D eigenvalue weighted by Crippen LogP contribution is 2.09. The Bertz CT molecular complexity index is 852. The van der Waals surface area contributed by atoms with E-state index >= 15 is 0 Å². The fraction of sp³-hybridized carbons (Fsp3) is 0. The second kappa shape index (κ2) is 6.23. The molecule has 0 spiro atoms. The summed E-state index contributed by atoms with van der Waals surface area (Å²) in [5, 5.41) is 14.5. The molecule has 0 aliphatic carbocycles. The molecule has 1 aromatic heterocycles. The van der Waals surface area contributed by atoms with Gasteiger partial charge in [0.25, 0.3) is 0 Å². The maximum atomic E-state index is 12.8. The number of carbonyl (C=O) groups is 1. The third-order valence-electron chi connectivity index (χ3n) is 3.16. The van der Waals surface area contributed by atoms with Gasteiger partial charge in [0.2, 0.25) is 11.9 Å². The fourth-order valence-electron chi connectivity index (χ4n) is 1.97. The van der Waals surface area contributed by atoms with Crippen LogP contribution in [-0.4, -0.2) is 11.1 Å². The number of halogens is 1. The Morgan fingerprint density at radius 1 is 1.13 bits per heavy atom. The Kier molecular flexibility index (Phi) is 3.97. The zero-order valence-corrected chi connectivity index (χ0v) is 11.8. The first-order chi connectivity index (χ1) is 11.1. The lowest BCUT2D eigenvalue weighted by atomic mass is 10.1. The number of benzene rings is 2. The van der Waals surface area contributed by atoms with Crippen molar-refractivity contribution in [2.75, 3.05) is 0 Å². The summed E-state index contributed by atoms with van der Waals surface area (Å²) in [6.07, 6.45) is 4.23. The first-order valence-electron chi connectivity index (χ1n) is 6.76. The van der Waals surface area contributed by atoms with Crippen LogP contribution < -0.4 is 9.79 Å². The molecule has 0 radical (unpaired) electrons. The maximum Gasteiger partial charge on any atom is 0.239 e. The number of ketones is 1. The summed E-state index contributed by atoms with van der Waals surface area (Å²) in [6.45, 7) is 0. The Morgan fingerprint density at radius 3 is 2.43 bits per heavy atom. The van der Waals surface area contributed by atoms with E-state index in [2.05, 4.69) is 9.79 Å². The molecule has 1 heterocycles. The van der Waals surface area contributed by atoms with Crippen LogP contribution in [0.1, 0.15) is 15.9 Å². The van der Waals surface area contributed by atoms with Gasteiger partial charge in [0.15, 0.2) is 5.78 Å². The zero-order valence-electron chi connectivity index (χ0n) is 11.8. The van der Waals surface area contributed by atoms with Gasteiger partial charge < -0.3 is 9.63 Å². The van der Waals surface area contributed by atoms with Crippen molar-refractivity contribution in [1.29, 1.82) is 0 Å². The summed E-state index contributed by atoms with van der Waals surface area (Å²) in [5.41, 5.74) is 1.82. The Hall–Kier alpha value is -3.28. The first-order valence-corrected chi connectivity index (χ1v) is 6.76. The van der Waals surface area contributed by atoms with Crippen LogP contribution in [0.2, 0.25) is 0 Å². The van der Waals surface area contributed by atoms with E-state index in [1.165, 1.54) is 29.1 Å². The van der Waals surface area contributed by atoms with Crippen molar-refractivity contribution in [2.24, 2.45) is 0 Å². The van der Waals surface area contributed by atoms with Crippen molar-refractivity contribution in [3.05, 3.63) is 77.7 Å². The number of rotatable bonds is 4. The van der Waals surface area contributed by atoms with Crippen LogP contribution >= 0.6 is 0 Å². The SMILES string of the molecule is O=C(/C=C/c1ccc(F)cc1)c1ccc(-[n+]2cc([O-])on2)cc1. The predicted octanol–water partition coefficient (Wildman–Crippen LogP) is 2.06. The van der Waals surface area contributed by atoms with E-state index in [0.29, 0.717) is 11.3 Å². The Labute approximate surface area is 130 Å². The lowest BCUT2D eigenvalue weighted by molar-refractivity contribution is -0.670. The van der Waals surface area contributed by atoms with Gasteiger partial charge >= 0.3 is 0 Å². The third kappa shape index (κ3) is 3.49. The lowest BCUT2D eigenvalue weighted by Gasteiger charge is -1.96. The number of aromatic nitrogens is 2. The second-order valence-electron chi connectivity index (χ2n) is 4.76. The number of hydrogen-bond donors (Lipinski definition) is 0. The van der Waals surface area contributed by atoms with Gasteiger partial charge in [-0.3, -0.25) is 4.79 Å². The minimum absolute atomic E-state index is 0.185. The summed E-state index contributed by atoms with van der Waals surface area (Å²) in [5.74, 6) is -1.06. The first kappa shape index (κ1) is 14.6. The molecule has 0 atom stereocenters. The molecule has 0 aliphatic heterocycles. The molecule has 23 heavy (non-hydrogen) atoms. The summed E-state index contributed by atoms with van der Waals surface area (Å²) in [6, 6.07) is 12.4. The molecule has 3 aromatic rings. The van der Waals surface area contributed by atoms with Crippen LogP contribution in [0.4, 0.5) is 4.39 Å². The molecule has 3 rings (SSSR count). The minimum Gasteiger partial charge on any atom is -0.539 e. The molecule has 0 amide bonds. The molecular formula is C17H11FN2O3. The summed E-state index contributed by atoms with van der Waals surface area (Å²) in [7, 11) is 0. The quantitative estimate of drug-likeness (QED) is 0.420. The van der Waals surface area contributed by atoms with E-state index < -0.39 is 5.95 Å². The number of hydrogen-bond acceptors (Lipinski definition) is 4. The van der Waals surface area contributed by atoms with Crippen LogP contribution in [0.3, 0.4) is 0 Å². The van der Waals surface area contributed by atoms with E-state index in [0.717, 1.165) is 5.56 Å². The van der Waals surface area contributed by atoms with Gasteiger partial charge in [-0.25, -0.2) is 4.39 Å². The molecule has 6 heteroatoms. The van der Waals surface area contributed by atoms with Crippen LogP contribution in [0, 0.1) is 5.82 Å². The van der Waals surface area contributed by atoms with Gasteiger partial charge in [-0.05, 0) is 40.6 Å². The average molecular weight is 310 g/mol. The summed E-state index contributed by atoms with van der Waals surface area (Å²) >= 11 is 0. The highest BCUT2D eigenvalue weighted by molar-refractivity contribution is 6.06. The molecule has 0 unspecified atom stereocenters. The summed E-state index contributed by atoms with van der Waals surface area (Å²) in [4.78, 5) is 12.1. The maximum absolute atomic E-state index is 12.8. The molecule has 0 saturated carbocycles. The molecule has 0 N–H and O–H groups in total. The number of allylic oxidation sites excluding steroid dienone is 1. The van der Waals surface area contributed by atoms with Crippen LogP contribution in [-0.2, 0) is 0 Å². The van der Waals surface area contributed by atoms with Crippen LogP contribution in [0.5, 0.6) is 5.95 Å². The molecule has 2 aromatic carbocycles. The van der Waals surface area contributed by atoms with E-state index in [9.17, 15) is 14.3 Å². The van der Waals surface area contributed by atoms with Crippen LogP contribution in [0.25, 0.3) is 11.8 Å². The van der Waals surface area contributed by atoms with E-state index in [1.807, 2.05) is 0 Å². The Balaban J connectivity index is 1.73. The molecule has 5 nitrogen and oxygen atoms in total. The van der Waals surface area contributed by atoms with Gasteiger partial charge in [-0.1, -0.05) is 18.2 Å². The van der Waals surface area contributed by atoms with E-state index in [4.69, 9.17) is 0 Å². The van der Waals surface area contributed by atoms with Crippen molar-refractivity contribution < 1.29 is 23.5 Å². The highest BCUT2D eigenvalue weighted by atomic mass is 19.1. The lowest BCUT2D eigenvalue weighted by Crippen LogP contribution is -2.31. The van der Waals surface area contributed by atoms with Crippen molar-refractivity contribution in [1.82, 2.24) is 5.27 Å². The van der Waals surface area contributed by atoms with Crippen molar-refractivity contribution >= 4 is 11.9 Å². The third-order valence-corrected chi connectivity index (χ3v) is 3.16. The number of nitrogens with zero attached hydrogens (tertiary/aromatic N) is 2. The van der Waals surface area contributed by atoms with E-state index in [-0.39, 0.29) is 11.6 Å². The van der Waals surface area contributed by atoms with Gasteiger partial charge in [-0.15, -0.1) is 0 Å². The molecule has 0 fully saturated rings. The molecule has 0 bridgehead atoms. The monoisotopic (exact) mass is 310 g/mol. The second-order valence-corrected chi connectivity index (χ2v) is 4.76. The Morgan fingerprint density at radius 2 is 1.83 bits per heavy atom. The van der Waals surface area contributed by atoms with E-state index in [1.54, 1.807) is 42.5 Å². The summed E-state index contributed by atoms with van der Waals surface area (Å²) < 4.78 is 18.5. The largest absolute Gasteiger partial charge is 0.539 e. The van der Waals surface area contributed by atoms with Gasteiger partial charge in [-0.2, -0.15) is 0 Å².